The zero-order valence-corrected chi connectivity index (χ0v) is 28.9. The van der Waals surface area contributed by atoms with Crippen molar-refractivity contribution in [3.8, 4) is 23.0 Å². The standard InChI is InChI=1S/C44H31NO9/c1-2-50-41(48)27-10-9-15-30(20-27)45-39(46)37-38(40(45)47)44(29-13-7-4-8-14-29)36(26-17-19-32-34(22-26)54-24-52-32)35(25-16-18-31-33(21-25)53-23-51-31)43(37,42(44)49)28-11-5-3-6-12-28/h3-22,37-38H,2,23-24H2,1H3/t37-,38-,43+,44+/m1/s1. The number of Topliss-reactive ketones (excluding diaryl/α,β-unsaturated/α-hetero) is 1. The first-order valence-electron chi connectivity index (χ1n) is 17.8. The van der Waals surface area contributed by atoms with Gasteiger partial charge >= 0.3 is 5.97 Å². The van der Waals surface area contributed by atoms with E-state index in [1.54, 1.807) is 37.3 Å². The first-order valence-corrected chi connectivity index (χ1v) is 17.8. The Hall–Kier alpha value is -6.68. The third-order valence-corrected chi connectivity index (χ3v) is 11.4. The number of allylic oxidation sites excluding steroid dienone is 2. The average molecular weight is 718 g/mol. The third kappa shape index (κ3) is 4.05. The van der Waals surface area contributed by atoms with Crippen LogP contribution in [0.25, 0.3) is 11.1 Å². The second-order valence-corrected chi connectivity index (χ2v) is 13.8. The summed E-state index contributed by atoms with van der Waals surface area (Å²) in [5, 5.41) is 0. The number of ether oxygens (including phenoxy) is 5. The highest BCUT2D eigenvalue weighted by Gasteiger charge is 2.82. The van der Waals surface area contributed by atoms with Crippen LogP contribution in [0.1, 0.15) is 39.5 Å². The summed E-state index contributed by atoms with van der Waals surface area (Å²) in [5.74, 6) is -2.14. The summed E-state index contributed by atoms with van der Waals surface area (Å²) in [6.45, 7) is 1.95. The molecule has 5 aliphatic rings. The van der Waals surface area contributed by atoms with Crippen molar-refractivity contribution in [2.45, 2.75) is 17.8 Å². The van der Waals surface area contributed by atoms with Crippen LogP contribution in [0.5, 0.6) is 23.0 Å². The van der Waals surface area contributed by atoms with Crippen LogP contribution >= 0.6 is 0 Å². The van der Waals surface area contributed by atoms with E-state index in [2.05, 4.69) is 0 Å². The van der Waals surface area contributed by atoms with Gasteiger partial charge in [0, 0.05) is 0 Å². The van der Waals surface area contributed by atoms with Gasteiger partial charge in [0.2, 0.25) is 25.4 Å². The summed E-state index contributed by atoms with van der Waals surface area (Å²) in [6.07, 6.45) is 0. The lowest BCUT2D eigenvalue weighted by Gasteiger charge is -2.39. The van der Waals surface area contributed by atoms with E-state index in [4.69, 9.17) is 23.7 Å². The molecule has 3 aliphatic heterocycles. The van der Waals surface area contributed by atoms with Gasteiger partial charge in [-0.3, -0.25) is 14.4 Å². The van der Waals surface area contributed by atoms with E-state index >= 15 is 14.4 Å². The van der Waals surface area contributed by atoms with Crippen LogP contribution < -0.4 is 23.8 Å². The number of amides is 2. The van der Waals surface area contributed by atoms with Crippen molar-refractivity contribution in [1.29, 1.82) is 0 Å². The smallest absolute Gasteiger partial charge is 0.338 e. The quantitative estimate of drug-likeness (QED) is 0.137. The van der Waals surface area contributed by atoms with E-state index < -0.39 is 40.4 Å². The Morgan fingerprint density at radius 2 is 1.13 bits per heavy atom. The van der Waals surface area contributed by atoms with Crippen molar-refractivity contribution in [3.63, 3.8) is 0 Å². The van der Waals surface area contributed by atoms with Crippen LogP contribution in [0, 0.1) is 11.8 Å². The number of rotatable bonds is 7. The predicted octanol–water partition coefficient (Wildman–Crippen LogP) is 6.51. The molecule has 0 N–H and O–H groups in total. The minimum absolute atomic E-state index is 0.0427. The van der Waals surface area contributed by atoms with Gasteiger partial charge in [0.15, 0.2) is 28.8 Å². The molecule has 1 saturated heterocycles. The van der Waals surface area contributed by atoms with Crippen molar-refractivity contribution in [1.82, 2.24) is 0 Å². The lowest BCUT2D eigenvalue weighted by Crippen LogP contribution is -2.45. The van der Waals surface area contributed by atoms with Gasteiger partial charge < -0.3 is 23.7 Å². The number of hydrogen-bond donors (Lipinski definition) is 0. The number of benzene rings is 5. The van der Waals surface area contributed by atoms with Crippen LogP contribution in [0.2, 0.25) is 0 Å². The molecule has 0 aromatic heterocycles. The number of carbonyl (C=O) groups excluding carboxylic acids is 4. The average Bonchev–Trinajstić information content (AvgIpc) is 4.02. The monoisotopic (exact) mass is 717 g/mol. The van der Waals surface area contributed by atoms with E-state index in [1.165, 1.54) is 6.07 Å². The van der Waals surface area contributed by atoms with Crippen molar-refractivity contribution < 1.29 is 42.9 Å². The molecule has 2 fully saturated rings. The van der Waals surface area contributed by atoms with Gasteiger partial charge in [-0.25, -0.2) is 9.69 Å². The Balaban J connectivity index is 1.32. The summed E-state index contributed by atoms with van der Waals surface area (Å²) < 4.78 is 28.4. The van der Waals surface area contributed by atoms with Gasteiger partial charge in [-0.2, -0.15) is 0 Å². The molecule has 4 atom stereocenters. The predicted molar refractivity (Wildman–Crippen MR) is 195 cm³/mol. The van der Waals surface area contributed by atoms with Gasteiger partial charge in [-0.05, 0) is 82.8 Å². The highest BCUT2D eigenvalue weighted by atomic mass is 16.7. The summed E-state index contributed by atoms with van der Waals surface area (Å²) in [4.78, 5) is 61.1. The number of imide groups is 1. The summed E-state index contributed by atoms with van der Waals surface area (Å²) in [7, 11) is 0. The molecule has 5 aromatic rings. The summed E-state index contributed by atoms with van der Waals surface area (Å²) >= 11 is 0. The lowest BCUT2D eigenvalue weighted by atomic mass is 9.59. The van der Waals surface area contributed by atoms with E-state index in [-0.39, 0.29) is 37.2 Å². The Morgan fingerprint density at radius 1 is 0.630 bits per heavy atom. The highest BCUT2D eigenvalue weighted by Crippen LogP contribution is 2.74. The first-order chi connectivity index (χ1) is 26.4. The normalized spacial score (nSPS) is 24.4. The SMILES string of the molecule is CCOC(=O)c1cccc(N2C(=O)[C@H]3[C@H](C2=O)[C@@]2(c4ccccc4)C(=O)[C@@]3(c3ccccc3)C(c3ccc4c(c3)OCO4)=C2c2ccc3c(c2)OCO3)c1. The Kier molecular flexibility index (Phi) is 6.91. The molecule has 10 nitrogen and oxygen atoms in total. The maximum atomic E-state index is 16.3. The molecule has 5 aromatic carbocycles. The van der Waals surface area contributed by atoms with Crippen LogP contribution in [0.4, 0.5) is 5.69 Å². The number of ketones is 1. The molecular weight excluding hydrogens is 686 g/mol. The number of hydrogen-bond acceptors (Lipinski definition) is 9. The zero-order valence-electron chi connectivity index (χ0n) is 28.9. The van der Waals surface area contributed by atoms with E-state index in [9.17, 15) is 4.79 Å². The molecule has 2 bridgehead atoms. The zero-order chi connectivity index (χ0) is 36.8. The second-order valence-electron chi connectivity index (χ2n) is 13.8. The number of anilines is 1. The summed E-state index contributed by atoms with van der Waals surface area (Å²) in [5.41, 5.74) is 0.728. The fraction of sp³-hybridized carbons (Fsp3) is 0.182. The molecular formula is C44H31NO9. The lowest BCUT2D eigenvalue weighted by molar-refractivity contribution is -0.130. The Morgan fingerprint density at radius 3 is 1.63 bits per heavy atom. The molecule has 0 radical (unpaired) electrons. The number of fused-ring (bicyclic) bond motifs is 7. The minimum Gasteiger partial charge on any atom is -0.462 e. The highest BCUT2D eigenvalue weighted by molar-refractivity contribution is 6.39. The van der Waals surface area contributed by atoms with E-state index in [1.807, 2.05) is 84.9 Å². The van der Waals surface area contributed by atoms with Crippen LogP contribution in [0.3, 0.4) is 0 Å². The van der Waals surface area contributed by atoms with Crippen LogP contribution in [0.15, 0.2) is 121 Å². The van der Waals surface area contributed by atoms with Gasteiger partial charge in [-0.1, -0.05) is 78.9 Å². The fourth-order valence-electron chi connectivity index (χ4n) is 9.47. The third-order valence-electron chi connectivity index (χ3n) is 11.4. The van der Waals surface area contributed by atoms with Crippen molar-refractivity contribution in [2.24, 2.45) is 11.8 Å². The maximum absolute atomic E-state index is 16.3. The molecule has 1 saturated carbocycles. The Bertz CT molecular complexity index is 2340. The second kappa shape index (κ2) is 11.7. The molecule has 10 heteroatoms. The number of carbonyl (C=O) groups is 4. The summed E-state index contributed by atoms with van der Waals surface area (Å²) in [6, 6.07) is 35.9. The molecule has 54 heavy (non-hydrogen) atoms. The number of nitrogens with zero attached hydrogens (tertiary/aromatic N) is 1. The molecule has 10 rings (SSSR count). The molecule has 2 amide bonds. The van der Waals surface area contributed by atoms with Gasteiger partial charge in [0.05, 0.1) is 40.5 Å². The number of esters is 1. The topological polar surface area (TPSA) is 118 Å². The van der Waals surface area contributed by atoms with Crippen LogP contribution in [-0.4, -0.2) is 43.8 Å². The van der Waals surface area contributed by atoms with Crippen molar-refractivity contribution >= 4 is 40.4 Å². The van der Waals surface area contributed by atoms with E-state index in [0.717, 1.165) is 4.90 Å². The molecule has 2 aliphatic carbocycles. The largest absolute Gasteiger partial charge is 0.462 e. The van der Waals surface area contributed by atoms with E-state index in [0.29, 0.717) is 56.4 Å². The maximum Gasteiger partial charge on any atom is 0.338 e. The van der Waals surface area contributed by atoms with Gasteiger partial charge in [-0.15, -0.1) is 0 Å². The fourth-order valence-corrected chi connectivity index (χ4v) is 9.47. The molecule has 0 spiro atoms. The van der Waals surface area contributed by atoms with Gasteiger partial charge in [0.25, 0.3) is 0 Å². The van der Waals surface area contributed by atoms with Crippen molar-refractivity contribution in [2.75, 3.05) is 25.1 Å². The van der Waals surface area contributed by atoms with Crippen LogP contribution in [-0.2, 0) is 30.0 Å². The first kappa shape index (κ1) is 32.0. The van der Waals surface area contributed by atoms with Gasteiger partial charge in [0.1, 0.15) is 0 Å². The minimum atomic E-state index is -1.65. The molecule has 3 heterocycles. The molecule has 266 valence electrons. The van der Waals surface area contributed by atoms with Crippen molar-refractivity contribution in [3.05, 3.63) is 149 Å². The Labute approximate surface area is 309 Å². The molecule has 0 unspecified atom stereocenters.